The lowest BCUT2D eigenvalue weighted by Crippen LogP contribution is -2.54. The molecule has 0 saturated heterocycles. The summed E-state index contributed by atoms with van der Waals surface area (Å²) < 4.78 is 0. The molecule has 1 aliphatic rings. The number of carbonyl (C=O) groups excluding carboxylic acids is 1. The molecule has 1 atom stereocenters. The second-order valence-electron chi connectivity index (χ2n) is 4.96. The highest BCUT2D eigenvalue weighted by molar-refractivity contribution is 6.00. The number of aryl methyl sites for hydroxylation is 1. The minimum atomic E-state index is -0.759. The molecule has 0 spiro atoms. The highest BCUT2D eigenvalue weighted by Gasteiger charge is 2.33. The van der Waals surface area contributed by atoms with E-state index in [4.69, 9.17) is 5.73 Å². The van der Waals surface area contributed by atoms with E-state index in [0.717, 1.165) is 25.1 Å². The third kappa shape index (κ3) is 2.20. The second-order valence-corrected chi connectivity index (χ2v) is 4.96. The van der Waals surface area contributed by atoms with Gasteiger partial charge in [-0.15, -0.1) is 0 Å². The number of benzene rings is 1. The third-order valence-corrected chi connectivity index (χ3v) is 3.58. The summed E-state index contributed by atoms with van der Waals surface area (Å²) in [5.41, 5.74) is 7.58. The quantitative estimate of drug-likeness (QED) is 0.848. The molecule has 3 heteroatoms. The first kappa shape index (κ1) is 12.1. The molecule has 1 aromatic rings. The van der Waals surface area contributed by atoms with E-state index < -0.39 is 5.54 Å². The van der Waals surface area contributed by atoms with Crippen LogP contribution in [-0.2, 0) is 11.2 Å². The molecule has 1 aromatic carbocycles. The van der Waals surface area contributed by atoms with Gasteiger partial charge in [-0.2, -0.15) is 0 Å². The Balaban J connectivity index is 2.33. The minimum Gasteiger partial charge on any atom is -0.318 e. The molecule has 0 aromatic heterocycles. The summed E-state index contributed by atoms with van der Waals surface area (Å²) in [7, 11) is 0. The summed E-state index contributed by atoms with van der Waals surface area (Å²) in [6.07, 6.45) is 2.72. The van der Waals surface area contributed by atoms with Gasteiger partial charge in [0.15, 0.2) is 0 Å². The average molecular weight is 232 g/mol. The zero-order valence-electron chi connectivity index (χ0n) is 10.6. The number of anilines is 1. The van der Waals surface area contributed by atoms with Gasteiger partial charge in [-0.1, -0.05) is 25.1 Å². The van der Waals surface area contributed by atoms with Crippen LogP contribution in [0.2, 0.25) is 0 Å². The molecule has 0 radical (unpaired) electrons. The van der Waals surface area contributed by atoms with Gasteiger partial charge in [-0.3, -0.25) is 4.79 Å². The fraction of sp³-hybridized carbons (Fsp3) is 0.500. The molecule has 1 amide bonds. The number of hydrogen-bond donors (Lipinski definition) is 1. The van der Waals surface area contributed by atoms with Crippen LogP contribution in [0, 0.1) is 0 Å². The smallest absolute Gasteiger partial charge is 0.246 e. The Labute approximate surface area is 103 Å². The lowest BCUT2D eigenvalue weighted by Gasteiger charge is -2.35. The van der Waals surface area contributed by atoms with Gasteiger partial charge in [0.2, 0.25) is 5.91 Å². The highest BCUT2D eigenvalue weighted by Crippen LogP contribution is 2.28. The predicted molar refractivity (Wildman–Crippen MR) is 70.0 cm³/mol. The van der Waals surface area contributed by atoms with Crippen LogP contribution in [0.1, 0.15) is 32.3 Å². The van der Waals surface area contributed by atoms with E-state index in [1.807, 2.05) is 36.9 Å². The summed E-state index contributed by atoms with van der Waals surface area (Å²) in [5.74, 6) is 0.0344. The Bertz CT molecular complexity index is 426. The van der Waals surface area contributed by atoms with Crippen LogP contribution in [0.3, 0.4) is 0 Å². The van der Waals surface area contributed by atoms with Crippen LogP contribution in [0.25, 0.3) is 0 Å². The predicted octanol–water partition coefficient (Wildman–Crippen LogP) is 2.09. The molecule has 2 rings (SSSR count). The minimum absolute atomic E-state index is 0.0344. The molecule has 0 bridgehead atoms. The van der Waals surface area contributed by atoms with Gasteiger partial charge in [0.25, 0.3) is 0 Å². The number of carbonyl (C=O) groups is 1. The maximum Gasteiger partial charge on any atom is 0.246 e. The molecule has 17 heavy (non-hydrogen) atoms. The second kappa shape index (κ2) is 4.49. The van der Waals surface area contributed by atoms with Crippen molar-refractivity contribution in [3.63, 3.8) is 0 Å². The van der Waals surface area contributed by atoms with Crippen molar-refractivity contribution in [2.75, 3.05) is 11.4 Å². The molecule has 0 aliphatic carbocycles. The normalized spacial score (nSPS) is 18.4. The van der Waals surface area contributed by atoms with Crippen molar-refractivity contribution in [1.29, 1.82) is 0 Å². The molecule has 3 nitrogen and oxygen atoms in total. The molecule has 2 N–H and O–H groups in total. The Morgan fingerprint density at radius 3 is 2.88 bits per heavy atom. The average Bonchev–Trinajstić information content (AvgIpc) is 2.37. The Morgan fingerprint density at radius 1 is 1.47 bits per heavy atom. The molecule has 0 fully saturated rings. The van der Waals surface area contributed by atoms with Crippen molar-refractivity contribution in [3.05, 3.63) is 29.8 Å². The SMILES string of the molecule is CCC(C)(N)C(=O)N1CCCc2ccccc21. The molecule has 1 aliphatic heterocycles. The summed E-state index contributed by atoms with van der Waals surface area (Å²) in [4.78, 5) is 14.3. The van der Waals surface area contributed by atoms with E-state index in [1.165, 1.54) is 5.56 Å². The van der Waals surface area contributed by atoms with Crippen LogP contribution >= 0.6 is 0 Å². The Hall–Kier alpha value is -1.35. The number of fused-ring (bicyclic) bond motifs is 1. The van der Waals surface area contributed by atoms with Crippen molar-refractivity contribution >= 4 is 11.6 Å². The number of nitrogens with zero attached hydrogens (tertiary/aromatic N) is 1. The van der Waals surface area contributed by atoms with E-state index in [9.17, 15) is 4.79 Å². The van der Waals surface area contributed by atoms with Gasteiger partial charge < -0.3 is 10.6 Å². The number of rotatable bonds is 2. The lowest BCUT2D eigenvalue weighted by atomic mass is 9.95. The molecule has 0 saturated carbocycles. The number of nitrogens with two attached hydrogens (primary N) is 1. The zero-order chi connectivity index (χ0) is 12.5. The number of amides is 1. The summed E-state index contributed by atoms with van der Waals surface area (Å²) >= 11 is 0. The van der Waals surface area contributed by atoms with Gasteiger partial charge in [0, 0.05) is 12.2 Å². The summed E-state index contributed by atoms with van der Waals surface area (Å²) in [6.45, 7) is 4.54. The van der Waals surface area contributed by atoms with Crippen molar-refractivity contribution in [1.82, 2.24) is 0 Å². The molecular formula is C14H20N2O. The molecule has 1 heterocycles. The Morgan fingerprint density at radius 2 is 2.18 bits per heavy atom. The zero-order valence-corrected chi connectivity index (χ0v) is 10.6. The van der Waals surface area contributed by atoms with Crippen LogP contribution in [0.5, 0.6) is 0 Å². The summed E-state index contributed by atoms with van der Waals surface area (Å²) in [5, 5.41) is 0. The highest BCUT2D eigenvalue weighted by atomic mass is 16.2. The van der Waals surface area contributed by atoms with Crippen LogP contribution < -0.4 is 10.6 Å². The third-order valence-electron chi connectivity index (χ3n) is 3.58. The van der Waals surface area contributed by atoms with Crippen molar-refractivity contribution in [2.24, 2.45) is 5.73 Å². The topological polar surface area (TPSA) is 46.3 Å². The monoisotopic (exact) mass is 232 g/mol. The first-order valence-corrected chi connectivity index (χ1v) is 6.25. The fourth-order valence-corrected chi connectivity index (χ4v) is 2.20. The van der Waals surface area contributed by atoms with Crippen LogP contribution in [-0.4, -0.2) is 18.0 Å². The van der Waals surface area contributed by atoms with Crippen molar-refractivity contribution < 1.29 is 4.79 Å². The maximum absolute atomic E-state index is 12.4. The van der Waals surface area contributed by atoms with Crippen LogP contribution in [0.15, 0.2) is 24.3 Å². The van der Waals surface area contributed by atoms with Gasteiger partial charge >= 0.3 is 0 Å². The van der Waals surface area contributed by atoms with Crippen molar-refractivity contribution in [2.45, 2.75) is 38.6 Å². The fourth-order valence-electron chi connectivity index (χ4n) is 2.20. The summed E-state index contributed by atoms with van der Waals surface area (Å²) in [6, 6.07) is 8.10. The van der Waals surface area contributed by atoms with E-state index in [0.29, 0.717) is 6.42 Å². The first-order chi connectivity index (χ1) is 8.06. The standard InChI is InChI=1S/C14H20N2O/c1-3-14(2,15)13(17)16-10-6-8-11-7-4-5-9-12(11)16/h4-5,7,9H,3,6,8,10,15H2,1-2H3. The largest absolute Gasteiger partial charge is 0.318 e. The van der Waals surface area contributed by atoms with Gasteiger partial charge in [0.1, 0.15) is 0 Å². The first-order valence-electron chi connectivity index (χ1n) is 6.25. The molecular weight excluding hydrogens is 212 g/mol. The maximum atomic E-state index is 12.4. The lowest BCUT2D eigenvalue weighted by molar-refractivity contribution is -0.123. The van der Waals surface area contributed by atoms with Gasteiger partial charge in [0.05, 0.1) is 5.54 Å². The van der Waals surface area contributed by atoms with E-state index >= 15 is 0 Å². The number of hydrogen-bond acceptors (Lipinski definition) is 2. The number of para-hydroxylation sites is 1. The molecule has 92 valence electrons. The molecule has 1 unspecified atom stereocenters. The van der Waals surface area contributed by atoms with E-state index in [-0.39, 0.29) is 5.91 Å². The van der Waals surface area contributed by atoms with E-state index in [1.54, 1.807) is 0 Å². The van der Waals surface area contributed by atoms with Crippen LogP contribution in [0.4, 0.5) is 5.69 Å². The van der Waals surface area contributed by atoms with Gasteiger partial charge in [-0.05, 0) is 37.8 Å². The van der Waals surface area contributed by atoms with Gasteiger partial charge in [-0.25, -0.2) is 0 Å². The van der Waals surface area contributed by atoms with Crippen molar-refractivity contribution in [3.8, 4) is 0 Å². The van der Waals surface area contributed by atoms with E-state index in [2.05, 4.69) is 6.07 Å². The Kier molecular flexibility index (Phi) is 3.20.